The summed E-state index contributed by atoms with van der Waals surface area (Å²) in [6, 6.07) is 1.63. The van der Waals surface area contributed by atoms with E-state index in [4.69, 9.17) is 10.2 Å². The zero-order chi connectivity index (χ0) is 16.0. The number of nitrogens with one attached hydrogen (secondary N) is 2. The van der Waals surface area contributed by atoms with E-state index >= 15 is 0 Å². The summed E-state index contributed by atoms with van der Waals surface area (Å²) in [6.07, 6.45) is -0.0378. The number of carboxylic acid groups (broad SMARTS) is 2. The van der Waals surface area contributed by atoms with Crippen LogP contribution >= 0.6 is 11.3 Å². The maximum absolute atomic E-state index is 11.7. The van der Waals surface area contributed by atoms with Crippen LogP contribution in [-0.4, -0.2) is 40.3 Å². The summed E-state index contributed by atoms with van der Waals surface area (Å²) in [6.45, 7) is 3.78. The summed E-state index contributed by atoms with van der Waals surface area (Å²) in [5.74, 6) is -2.67. The average molecular weight is 314 g/mol. The van der Waals surface area contributed by atoms with Crippen LogP contribution in [0.1, 0.15) is 23.1 Å². The van der Waals surface area contributed by atoms with Crippen LogP contribution in [0.3, 0.4) is 0 Å². The molecule has 4 N–H and O–H groups in total. The van der Waals surface area contributed by atoms with Crippen LogP contribution in [0, 0.1) is 6.92 Å². The van der Waals surface area contributed by atoms with Crippen LogP contribution in [0.2, 0.25) is 0 Å². The lowest BCUT2D eigenvalue weighted by atomic mass is 10.2. The van der Waals surface area contributed by atoms with Crippen molar-refractivity contribution in [3.05, 3.63) is 21.9 Å². The van der Waals surface area contributed by atoms with Crippen molar-refractivity contribution < 1.29 is 24.6 Å². The van der Waals surface area contributed by atoms with Crippen molar-refractivity contribution in [2.24, 2.45) is 0 Å². The minimum Gasteiger partial charge on any atom is -0.481 e. The van der Waals surface area contributed by atoms with Gasteiger partial charge in [0.05, 0.1) is 6.42 Å². The molecule has 0 radical (unpaired) electrons. The number of carbonyl (C=O) groups is 3. The van der Waals surface area contributed by atoms with E-state index in [-0.39, 0.29) is 6.04 Å². The third kappa shape index (κ3) is 6.26. The van der Waals surface area contributed by atoms with Gasteiger partial charge in [-0.2, -0.15) is 0 Å². The Morgan fingerprint density at radius 2 is 1.90 bits per heavy atom. The molecule has 1 aromatic rings. The standard InChI is InChI=1S/C13H18N2O5S/c1-7(5-9-4-3-8(2)21-9)14-13(20)15-10(12(18)19)6-11(16)17/h3-4,7,10H,5-6H2,1-2H3,(H,16,17)(H,18,19)(H2,14,15,20)/t7?,10-/m0/s1. The molecule has 7 nitrogen and oxygen atoms in total. The summed E-state index contributed by atoms with van der Waals surface area (Å²) in [4.78, 5) is 35.3. The van der Waals surface area contributed by atoms with Crippen LogP contribution in [-0.2, 0) is 16.0 Å². The zero-order valence-corrected chi connectivity index (χ0v) is 12.6. The lowest BCUT2D eigenvalue weighted by Gasteiger charge is -2.17. The van der Waals surface area contributed by atoms with E-state index in [1.165, 1.54) is 4.88 Å². The molecule has 21 heavy (non-hydrogen) atoms. The fourth-order valence-corrected chi connectivity index (χ4v) is 2.77. The van der Waals surface area contributed by atoms with E-state index in [9.17, 15) is 14.4 Å². The fraction of sp³-hybridized carbons (Fsp3) is 0.462. The molecule has 1 heterocycles. The number of rotatable bonds is 7. The van der Waals surface area contributed by atoms with Gasteiger partial charge in [0.15, 0.2) is 0 Å². The van der Waals surface area contributed by atoms with Crippen LogP contribution in [0.5, 0.6) is 0 Å². The SMILES string of the molecule is Cc1ccc(CC(C)NC(=O)N[C@@H](CC(=O)O)C(=O)O)s1. The van der Waals surface area contributed by atoms with E-state index in [0.29, 0.717) is 6.42 Å². The molecule has 0 bridgehead atoms. The quantitative estimate of drug-likeness (QED) is 0.604. The Balaban J connectivity index is 2.47. The number of thiophene rings is 1. The van der Waals surface area contributed by atoms with Gasteiger partial charge in [-0.1, -0.05) is 0 Å². The highest BCUT2D eigenvalue weighted by Crippen LogP contribution is 2.16. The Morgan fingerprint density at radius 1 is 1.24 bits per heavy atom. The molecule has 0 saturated heterocycles. The summed E-state index contributed by atoms with van der Waals surface area (Å²) >= 11 is 1.63. The van der Waals surface area contributed by atoms with Crippen molar-refractivity contribution in [1.29, 1.82) is 0 Å². The number of amides is 2. The molecule has 1 unspecified atom stereocenters. The van der Waals surface area contributed by atoms with Gasteiger partial charge in [0.25, 0.3) is 0 Å². The second kappa shape index (κ2) is 7.63. The predicted octanol–water partition coefficient (Wildman–Crippen LogP) is 1.21. The minimum absolute atomic E-state index is 0.192. The smallest absolute Gasteiger partial charge is 0.326 e. The zero-order valence-electron chi connectivity index (χ0n) is 11.8. The van der Waals surface area contributed by atoms with Gasteiger partial charge in [-0.3, -0.25) is 4.79 Å². The molecular formula is C13H18N2O5S. The van der Waals surface area contributed by atoms with Gasteiger partial charge in [-0.05, 0) is 26.0 Å². The lowest BCUT2D eigenvalue weighted by molar-refractivity contribution is -0.145. The Labute approximate surface area is 126 Å². The highest BCUT2D eigenvalue weighted by molar-refractivity contribution is 7.11. The van der Waals surface area contributed by atoms with Gasteiger partial charge in [0.2, 0.25) is 0 Å². The first-order valence-electron chi connectivity index (χ1n) is 6.35. The maximum atomic E-state index is 11.7. The van der Waals surface area contributed by atoms with Gasteiger partial charge in [-0.15, -0.1) is 11.3 Å². The van der Waals surface area contributed by atoms with Gasteiger partial charge in [0.1, 0.15) is 6.04 Å². The molecule has 1 aromatic heterocycles. The van der Waals surface area contributed by atoms with Crippen molar-refractivity contribution in [3.8, 4) is 0 Å². The van der Waals surface area contributed by atoms with Crippen LogP contribution < -0.4 is 10.6 Å². The molecule has 8 heteroatoms. The molecule has 0 aliphatic heterocycles. The summed E-state index contributed by atoms with van der Waals surface area (Å²) in [5.41, 5.74) is 0. The van der Waals surface area contributed by atoms with E-state index in [1.54, 1.807) is 18.3 Å². The van der Waals surface area contributed by atoms with E-state index in [0.717, 1.165) is 4.88 Å². The van der Waals surface area contributed by atoms with Crippen molar-refractivity contribution in [3.63, 3.8) is 0 Å². The second-order valence-corrected chi connectivity index (χ2v) is 6.10. The number of carboxylic acids is 2. The van der Waals surface area contributed by atoms with Gasteiger partial charge < -0.3 is 20.8 Å². The number of carbonyl (C=O) groups excluding carboxylic acids is 1. The average Bonchev–Trinajstić information content (AvgIpc) is 2.72. The molecule has 0 spiro atoms. The first-order chi connectivity index (χ1) is 9.77. The number of hydrogen-bond acceptors (Lipinski definition) is 4. The third-order valence-electron chi connectivity index (χ3n) is 2.66. The third-order valence-corrected chi connectivity index (χ3v) is 3.69. The Bertz CT molecular complexity index is 528. The monoisotopic (exact) mass is 314 g/mol. The lowest BCUT2D eigenvalue weighted by Crippen LogP contribution is -2.49. The van der Waals surface area contributed by atoms with Crippen LogP contribution in [0.25, 0.3) is 0 Å². The number of aryl methyl sites for hydroxylation is 1. The maximum Gasteiger partial charge on any atom is 0.326 e. The molecule has 116 valence electrons. The second-order valence-electron chi connectivity index (χ2n) is 4.72. The summed E-state index contributed by atoms with van der Waals surface area (Å²) < 4.78 is 0. The normalized spacial score (nSPS) is 13.2. The predicted molar refractivity (Wildman–Crippen MR) is 77.6 cm³/mol. The Morgan fingerprint density at radius 3 is 2.38 bits per heavy atom. The number of aliphatic carboxylic acids is 2. The van der Waals surface area contributed by atoms with Crippen molar-refractivity contribution in [2.75, 3.05) is 0 Å². The first kappa shape index (κ1) is 17.0. The number of hydrogen-bond donors (Lipinski definition) is 4. The fourth-order valence-electron chi connectivity index (χ4n) is 1.75. The molecule has 2 atom stereocenters. The van der Waals surface area contributed by atoms with Gasteiger partial charge >= 0.3 is 18.0 Å². The van der Waals surface area contributed by atoms with Crippen LogP contribution in [0.15, 0.2) is 12.1 Å². The first-order valence-corrected chi connectivity index (χ1v) is 7.16. The van der Waals surface area contributed by atoms with E-state index < -0.39 is 30.4 Å². The van der Waals surface area contributed by atoms with Crippen molar-refractivity contribution >= 4 is 29.3 Å². The highest BCUT2D eigenvalue weighted by atomic mass is 32.1. The van der Waals surface area contributed by atoms with Crippen molar-refractivity contribution in [2.45, 2.75) is 38.8 Å². The molecule has 2 amide bonds. The molecule has 0 aliphatic rings. The van der Waals surface area contributed by atoms with E-state index in [2.05, 4.69) is 10.6 Å². The summed E-state index contributed by atoms with van der Waals surface area (Å²) in [5, 5.41) is 22.2. The number of urea groups is 1. The molecule has 1 rings (SSSR count). The summed E-state index contributed by atoms with van der Waals surface area (Å²) in [7, 11) is 0. The molecule has 0 aliphatic carbocycles. The Kier molecular flexibility index (Phi) is 6.16. The largest absolute Gasteiger partial charge is 0.481 e. The molecule has 0 fully saturated rings. The Hall–Kier alpha value is -2.09. The van der Waals surface area contributed by atoms with E-state index in [1.807, 2.05) is 19.1 Å². The molecule has 0 saturated carbocycles. The topological polar surface area (TPSA) is 116 Å². The van der Waals surface area contributed by atoms with Crippen LogP contribution in [0.4, 0.5) is 4.79 Å². The van der Waals surface area contributed by atoms with Crippen molar-refractivity contribution in [1.82, 2.24) is 10.6 Å². The molecular weight excluding hydrogens is 296 g/mol. The van der Waals surface area contributed by atoms with Gasteiger partial charge in [0, 0.05) is 22.2 Å². The highest BCUT2D eigenvalue weighted by Gasteiger charge is 2.23. The minimum atomic E-state index is -1.45. The van der Waals surface area contributed by atoms with Gasteiger partial charge in [-0.25, -0.2) is 9.59 Å². The molecule has 0 aromatic carbocycles.